The summed E-state index contributed by atoms with van der Waals surface area (Å²) in [6.07, 6.45) is 1.73. The molecule has 0 radical (unpaired) electrons. The highest BCUT2D eigenvalue weighted by Crippen LogP contribution is 2.27. The van der Waals surface area contributed by atoms with E-state index in [0.717, 1.165) is 23.5 Å². The molecule has 0 saturated carbocycles. The van der Waals surface area contributed by atoms with Crippen molar-refractivity contribution in [3.05, 3.63) is 40.9 Å². The lowest BCUT2D eigenvalue weighted by Gasteiger charge is -2.36. The number of hydrogen-bond acceptors (Lipinski definition) is 5. The largest absolute Gasteiger partial charge is 0.372 e. The van der Waals surface area contributed by atoms with Crippen molar-refractivity contribution in [1.29, 1.82) is 0 Å². The quantitative estimate of drug-likeness (QED) is 0.863. The van der Waals surface area contributed by atoms with Gasteiger partial charge in [-0.1, -0.05) is 11.6 Å². The average Bonchev–Trinajstić information content (AvgIpc) is 2.46. The van der Waals surface area contributed by atoms with Gasteiger partial charge >= 0.3 is 0 Å². The van der Waals surface area contributed by atoms with E-state index in [2.05, 4.69) is 34.1 Å². The molecule has 1 fully saturated rings. The molecule has 116 valence electrons. The number of nitrogens with one attached hydrogen (secondary N) is 1. The van der Waals surface area contributed by atoms with E-state index in [1.54, 1.807) is 6.20 Å². The maximum Gasteiger partial charge on any atom is 0.130 e. The molecule has 0 amide bonds. The van der Waals surface area contributed by atoms with Crippen molar-refractivity contribution in [2.24, 2.45) is 0 Å². The van der Waals surface area contributed by atoms with E-state index in [1.807, 2.05) is 25.1 Å². The number of hydrogen-bond donors (Lipinski definition) is 1. The van der Waals surface area contributed by atoms with Crippen LogP contribution in [0.2, 0.25) is 5.15 Å². The third kappa shape index (κ3) is 3.43. The van der Waals surface area contributed by atoms with Crippen molar-refractivity contribution >= 4 is 11.6 Å². The molecule has 0 aliphatic carbocycles. The van der Waals surface area contributed by atoms with Gasteiger partial charge in [-0.2, -0.15) is 0 Å². The van der Waals surface area contributed by atoms with Crippen molar-refractivity contribution < 1.29 is 4.74 Å². The van der Waals surface area contributed by atoms with E-state index < -0.39 is 0 Å². The fourth-order valence-electron chi connectivity index (χ4n) is 2.45. The van der Waals surface area contributed by atoms with Crippen LogP contribution in [0, 0.1) is 6.92 Å². The first-order valence-electron chi connectivity index (χ1n) is 7.28. The lowest BCUT2D eigenvalue weighted by atomic mass is 10.0. The van der Waals surface area contributed by atoms with Gasteiger partial charge < -0.3 is 10.1 Å². The predicted octanol–water partition coefficient (Wildman–Crippen LogP) is 2.94. The Labute approximate surface area is 135 Å². The summed E-state index contributed by atoms with van der Waals surface area (Å²) in [4.78, 5) is 12.9. The number of nitrogens with zero attached hydrogens (tertiary/aromatic N) is 3. The Morgan fingerprint density at radius 1 is 1.27 bits per heavy atom. The lowest BCUT2D eigenvalue weighted by Crippen LogP contribution is -2.47. The summed E-state index contributed by atoms with van der Waals surface area (Å²) in [7, 11) is 0. The molecule has 1 aliphatic rings. The predicted molar refractivity (Wildman–Crippen MR) is 85.8 cm³/mol. The first-order valence-corrected chi connectivity index (χ1v) is 7.66. The maximum atomic E-state index is 6.19. The van der Waals surface area contributed by atoms with Crippen LogP contribution in [-0.2, 0) is 4.74 Å². The van der Waals surface area contributed by atoms with Crippen LogP contribution in [0.25, 0.3) is 11.4 Å². The fourth-order valence-corrected chi connectivity index (χ4v) is 2.67. The summed E-state index contributed by atoms with van der Waals surface area (Å²) in [5.41, 5.74) is 2.44. The molecule has 2 aromatic heterocycles. The number of morpholine rings is 1. The maximum absolute atomic E-state index is 6.19. The van der Waals surface area contributed by atoms with Gasteiger partial charge in [-0.05, 0) is 44.5 Å². The smallest absolute Gasteiger partial charge is 0.130 e. The third-order valence-corrected chi connectivity index (χ3v) is 3.87. The highest BCUT2D eigenvalue weighted by Gasteiger charge is 2.28. The van der Waals surface area contributed by atoms with Crippen LogP contribution in [0.3, 0.4) is 0 Å². The highest BCUT2D eigenvalue weighted by atomic mass is 35.5. The fraction of sp³-hybridized carbons (Fsp3) is 0.438. The Bertz CT molecular complexity index is 680. The summed E-state index contributed by atoms with van der Waals surface area (Å²) in [5.74, 6) is 0.710. The van der Waals surface area contributed by atoms with Crippen LogP contribution in [0.15, 0.2) is 24.4 Å². The van der Waals surface area contributed by atoms with Gasteiger partial charge in [-0.3, -0.25) is 0 Å². The van der Waals surface area contributed by atoms with Crippen molar-refractivity contribution in [3.8, 4) is 11.4 Å². The normalized spacial score (nSPS) is 20.8. The van der Waals surface area contributed by atoms with Gasteiger partial charge in [0, 0.05) is 12.7 Å². The van der Waals surface area contributed by atoms with Crippen LogP contribution < -0.4 is 5.32 Å². The minimum absolute atomic E-state index is 0.107. The number of pyridine rings is 1. The molecule has 0 aromatic carbocycles. The molecule has 5 nitrogen and oxygen atoms in total. The monoisotopic (exact) mass is 318 g/mol. The highest BCUT2D eigenvalue weighted by molar-refractivity contribution is 6.29. The summed E-state index contributed by atoms with van der Waals surface area (Å²) in [6.45, 7) is 7.40. The summed E-state index contributed by atoms with van der Waals surface area (Å²) in [5, 5.41) is 3.95. The second-order valence-electron chi connectivity index (χ2n) is 6.10. The molecule has 1 saturated heterocycles. The first-order chi connectivity index (χ1) is 10.4. The van der Waals surface area contributed by atoms with E-state index in [-0.39, 0.29) is 11.6 Å². The SMILES string of the molecule is Cc1nccc(-c2cc(C3COC(C)(C)CN3)cc(Cl)n2)n1. The molecule has 1 unspecified atom stereocenters. The second-order valence-corrected chi connectivity index (χ2v) is 6.49. The molecule has 1 N–H and O–H groups in total. The molecule has 22 heavy (non-hydrogen) atoms. The van der Waals surface area contributed by atoms with E-state index >= 15 is 0 Å². The molecular formula is C16H19ClN4O. The zero-order valence-corrected chi connectivity index (χ0v) is 13.7. The topological polar surface area (TPSA) is 59.9 Å². The summed E-state index contributed by atoms with van der Waals surface area (Å²) >= 11 is 6.19. The van der Waals surface area contributed by atoms with Crippen molar-refractivity contribution in [3.63, 3.8) is 0 Å². The average molecular weight is 319 g/mol. The van der Waals surface area contributed by atoms with E-state index in [4.69, 9.17) is 16.3 Å². The van der Waals surface area contributed by atoms with Gasteiger partial charge in [0.15, 0.2) is 0 Å². The Balaban J connectivity index is 1.91. The second kappa shape index (κ2) is 5.91. The Morgan fingerprint density at radius 3 is 2.77 bits per heavy atom. The molecule has 3 heterocycles. The number of ether oxygens (including phenoxy) is 1. The van der Waals surface area contributed by atoms with Crippen LogP contribution in [0.4, 0.5) is 0 Å². The standard InChI is InChI=1S/C16H19ClN4O/c1-10-18-5-4-12(20-10)13-6-11(7-15(17)21-13)14-8-22-16(2,3)9-19-14/h4-7,14,19H,8-9H2,1-3H3. The van der Waals surface area contributed by atoms with Gasteiger partial charge in [-0.25, -0.2) is 15.0 Å². The molecule has 0 spiro atoms. The van der Waals surface area contributed by atoms with E-state index in [1.165, 1.54) is 0 Å². The number of aromatic nitrogens is 3. The van der Waals surface area contributed by atoms with Gasteiger partial charge in [0.05, 0.1) is 29.6 Å². The van der Waals surface area contributed by atoms with Crippen LogP contribution in [0.1, 0.15) is 31.3 Å². The van der Waals surface area contributed by atoms with Crippen molar-refractivity contribution in [2.45, 2.75) is 32.4 Å². The van der Waals surface area contributed by atoms with Gasteiger partial charge in [0.2, 0.25) is 0 Å². The Kier molecular flexibility index (Phi) is 4.12. The molecule has 2 aromatic rings. The summed E-state index contributed by atoms with van der Waals surface area (Å²) in [6, 6.07) is 5.82. The molecular weight excluding hydrogens is 300 g/mol. The molecule has 6 heteroatoms. The number of rotatable bonds is 2. The third-order valence-electron chi connectivity index (χ3n) is 3.67. The minimum atomic E-state index is -0.139. The van der Waals surface area contributed by atoms with Crippen LogP contribution >= 0.6 is 11.6 Å². The Morgan fingerprint density at radius 2 is 2.09 bits per heavy atom. The van der Waals surface area contributed by atoms with Gasteiger partial charge in [-0.15, -0.1) is 0 Å². The van der Waals surface area contributed by atoms with E-state index in [0.29, 0.717) is 17.6 Å². The molecule has 0 bridgehead atoms. The van der Waals surface area contributed by atoms with Crippen LogP contribution in [0.5, 0.6) is 0 Å². The first kappa shape index (κ1) is 15.3. The Hall–Kier alpha value is -1.56. The number of halogens is 1. The zero-order valence-electron chi connectivity index (χ0n) is 12.9. The van der Waals surface area contributed by atoms with Gasteiger partial charge in [0.1, 0.15) is 11.0 Å². The van der Waals surface area contributed by atoms with Crippen molar-refractivity contribution in [2.75, 3.05) is 13.2 Å². The zero-order chi connectivity index (χ0) is 15.7. The molecule has 1 aliphatic heterocycles. The van der Waals surface area contributed by atoms with Crippen LogP contribution in [-0.4, -0.2) is 33.7 Å². The summed E-state index contributed by atoms with van der Waals surface area (Å²) < 4.78 is 5.89. The lowest BCUT2D eigenvalue weighted by molar-refractivity contribution is -0.0586. The molecule has 3 rings (SSSR count). The number of aryl methyl sites for hydroxylation is 1. The minimum Gasteiger partial charge on any atom is -0.372 e. The van der Waals surface area contributed by atoms with E-state index in [9.17, 15) is 0 Å². The van der Waals surface area contributed by atoms with Gasteiger partial charge in [0.25, 0.3) is 0 Å². The molecule has 1 atom stereocenters. The van der Waals surface area contributed by atoms with Crippen molar-refractivity contribution in [1.82, 2.24) is 20.3 Å².